The second-order valence-corrected chi connectivity index (χ2v) is 3.27. The Morgan fingerprint density at radius 3 is 1.93 bits per heavy atom. The van der Waals surface area contributed by atoms with Crippen LogP contribution in [-0.2, 0) is 0 Å². The monoisotopic (exact) mass is 198 g/mol. The van der Waals surface area contributed by atoms with Gasteiger partial charge in [-0.25, -0.2) is 0 Å². The summed E-state index contributed by atoms with van der Waals surface area (Å²) in [4.78, 5) is 0. The minimum absolute atomic E-state index is 0.256. The topological polar surface area (TPSA) is 102 Å². The average molecular weight is 198 g/mol. The smallest absolute Gasteiger partial charge is 0.104 e. The average Bonchev–Trinajstić information content (AvgIpc) is 2.27. The molecule has 0 saturated carbocycles. The van der Waals surface area contributed by atoms with E-state index >= 15 is 0 Å². The number of nitrogens with zero attached hydrogens (tertiary/aromatic N) is 1. The fraction of sp³-hybridized carbons (Fsp3) is 0. The van der Waals surface area contributed by atoms with Crippen molar-refractivity contribution < 1.29 is 0 Å². The molecule has 0 heterocycles. The van der Waals surface area contributed by atoms with Crippen molar-refractivity contribution in [3.05, 3.63) is 29.8 Å². The van der Waals surface area contributed by atoms with Crippen molar-refractivity contribution >= 4 is 27.8 Å². The van der Waals surface area contributed by atoms with E-state index in [0.717, 1.165) is 10.8 Å². The van der Waals surface area contributed by atoms with Crippen molar-refractivity contribution in [2.45, 2.75) is 0 Å². The van der Waals surface area contributed by atoms with E-state index in [-0.39, 0.29) is 11.3 Å². The first kappa shape index (κ1) is 9.16. The van der Waals surface area contributed by atoms with Gasteiger partial charge in [0, 0.05) is 10.8 Å². The quantitative estimate of drug-likeness (QED) is 0.557. The van der Waals surface area contributed by atoms with Crippen molar-refractivity contribution in [3.8, 4) is 6.07 Å². The van der Waals surface area contributed by atoms with Crippen LogP contribution in [0, 0.1) is 11.3 Å². The molecule has 6 N–H and O–H groups in total. The maximum atomic E-state index is 8.92. The van der Waals surface area contributed by atoms with Crippen LogP contribution in [0.25, 0.3) is 10.8 Å². The zero-order valence-corrected chi connectivity index (χ0v) is 7.99. The Morgan fingerprint density at radius 1 is 0.867 bits per heavy atom. The third kappa shape index (κ3) is 1.14. The van der Waals surface area contributed by atoms with Gasteiger partial charge in [-0.15, -0.1) is 0 Å². The minimum atomic E-state index is 0.256. The lowest BCUT2D eigenvalue weighted by Gasteiger charge is -2.10. The molecule has 0 unspecified atom stereocenters. The Kier molecular flexibility index (Phi) is 1.87. The molecule has 0 atom stereocenters. The number of hydrogen-bond acceptors (Lipinski definition) is 4. The van der Waals surface area contributed by atoms with Crippen molar-refractivity contribution in [3.63, 3.8) is 0 Å². The van der Waals surface area contributed by atoms with E-state index in [1.165, 1.54) is 0 Å². The standard InChI is InChI=1S/C11H10N4/c12-5-8-9(13)6-3-1-2-4-7(6)10(14)11(8)15/h1-4H,13-15H2. The van der Waals surface area contributed by atoms with Gasteiger partial charge in [0.25, 0.3) is 0 Å². The molecular formula is C11H10N4. The van der Waals surface area contributed by atoms with Gasteiger partial charge in [-0.1, -0.05) is 24.3 Å². The van der Waals surface area contributed by atoms with E-state index in [9.17, 15) is 0 Å². The SMILES string of the molecule is N#Cc1c(N)c(N)c2ccccc2c1N. The van der Waals surface area contributed by atoms with Gasteiger partial charge in [0.1, 0.15) is 11.6 Å². The lowest BCUT2D eigenvalue weighted by Crippen LogP contribution is -2.03. The molecular weight excluding hydrogens is 188 g/mol. The zero-order valence-electron chi connectivity index (χ0n) is 7.99. The van der Waals surface area contributed by atoms with Crippen LogP contribution >= 0.6 is 0 Å². The number of nitriles is 1. The summed E-state index contributed by atoms with van der Waals surface area (Å²) >= 11 is 0. The molecule has 4 heteroatoms. The summed E-state index contributed by atoms with van der Waals surface area (Å²) in [6.07, 6.45) is 0. The summed E-state index contributed by atoms with van der Waals surface area (Å²) in [6.45, 7) is 0. The highest BCUT2D eigenvalue weighted by Gasteiger charge is 2.12. The van der Waals surface area contributed by atoms with E-state index in [1.807, 2.05) is 30.3 Å². The molecule has 0 radical (unpaired) electrons. The highest BCUT2D eigenvalue weighted by molar-refractivity contribution is 6.08. The highest BCUT2D eigenvalue weighted by Crippen LogP contribution is 2.35. The van der Waals surface area contributed by atoms with E-state index in [4.69, 9.17) is 22.5 Å². The summed E-state index contributed by atoms with van der Waals surface area (Å²) in [5.74, 6) is 0. The maximum Gasteiger partial charge on any atom is 0.104 e. The molecule has 0 saturated heterocycles. The summed E-state index contributed by atoms with van der Waals surface area (Å²) in [7, 11) is 0. The maximum absolute atomic E-state index is 8.92. The van der Waals surface area contributed by atoms with Crippen molar-refractivity contribution in [1.29, 1.82) is 5.26 Å². The molecule has 0 spiro atoms. The summed E-state index contributed by atoms with van der Waals surface area (Å²) in [5, 5.41) is 10.5. The first-order valence-electron chi connectivity index (χ1n) is 4.42. The normalized spacial score (nSPS) is 10.1. The fourth-order valence-corrected chi connectivity index (χ4v) is 1.63. The first-order valence-corrected chi connectivity index (χ1v) is 4.42. The van der Waals surface area contributed by atoms with Crippen molar-refractivity contribution in [2.75, 3.05) is 17.2 Å². The first-order chi connectivity index (χ1) is 7.16. The van der Waals surface area contributed by atoms with Gasteiger partial charge in [-0.3, -0.25) is 0 Å². The lowest BCUT2D eigenvalue weighted by molar-refractivity contribution is 1.49. The van der Waals surface area contributed by atoms with Gasteiger partial charge >= 0.3 is 0 Å². The lowest BCUT2D eigenvalue weighted by atomic mass is 10.0. The molecule has 0 aromatic heterocycles. The summed E-state index contributed by atoms with van der Waals surface area (Å²) < 4.78 is 0. The number of benzene rings is 2. The number of fused-ring (bicyclic) bond motifs is 1. The minimum Gasteiger partial charge on any atom is -0.397 e. The fourth-order valence-electron chi connectivity index (χ4n) is 1.63. The predicted octanol–water partition coefficient (Wildman–Crippen LogP) is 1.46. The van der Waals surface area contributed by atoms with Crippen molar-refractivity contribution in [2.24, 2.45) is 0 Å². The number of nitrogens with two attached hydrogens (primary N) is 3. The van der Waals surface area contributed by atoms with Gasteiger partial charge in [-0.2, -0.15) is 5.26 Å². The summed E-state index contributed by atoms with van der Waals surface area (Å²) in [6, 6.07) is 9.31. The predicted molar refractivity (Wildman–Crippen MR) is 61.9 cm³/mol. The van der Waals surface area contributed by atoms with E-state index in [1.54, 1.807) is 0 Å². The molecule has 0 aliphatic rings. The van der Waals surface area contributed by atoms with Crippen LogP contribution in [-0.4, -0.2) is 0 Å². The highest BCUT2D eigenvalue weighted by atomic mass is 14.7. The molecule has 2 rings (SSSR count). The molecule has 15 heavy (non-hydrogen) atoms. The molecule has 4 nitrogen and oxygen atoms in total. The number of hydrogen-bond donors (Lipinski definition) is 3. The molecule has 74 valence electrons. The summed E-state index contributed by atoms with van der Waals surface area (Å²) in [5.41, 5.74) is 18.7. The molecule has 2 aromatic rings. The van der Waals surface area contributed by atoms with Crippen LogP contribution in [0.15, 0.2) is 24.3 Å². The molecule has 0 fully saturated rings. The molecule has 0 amide bonds. The Bertz CT molecular complexity index is 581. The van der Waals surface area contributed by atoms with Crippen LogP contribution < -0.4 is 17.2 Å². The Labute approximate surface area is 86.9 Å². The zero-order chi connectivity index (χ0) is 11.0. The van der Waals surface area contributed by atoms with E-state index in [2.05, 4.69) is 0 Å². The van der Waals surface area contributed by atoms with Gasteiger partial charge in [-0.05, 0) is 0 Å². The van der Waals surface area contributed by atoms with Crippen LogP contribution in [0.2, 0.25) is 0 Å². The van der Waals surface area contributed by atoms with E-state index in [0.29, 0.717) is 11.4 Å². The van der Waals surface area contributed by atoms with Crippen LogP contribution in [0.3, 0.4) is 0 Å². The second kappa shape index (κ2) is 3.07. The Hall–Kier alpha value is -2.41. The largest absolute Gasteiger partial charge is 0.397 e. The third-order valence-electron chi connectivity index (χ3n) is 2.45. The molecule has 0 aliphatic carbocycles. The van der Waals surface area contributed by atoms with Gasteiger partial charge in [0.05, 0.1) is 17.1 Å². The van der Waals surface area contributed by atoms with Crippen LogP contribution in [0.1, 0.15) is 5.56 Å². The van der Waals surface area contributed by atoms with Crippen molar-refractivity contribution in [1.82, 2.24) is 0 Å². The second-order valence-electron chi connectivity index (χ2n) is 3.27. The van der Waals surface area contributed by atoms with Gasteiger partial charge < -0.3 is 17.2 Å². The number of nitrogen functional groups attached to an aromatic ring is 3. The molecule has 2 aromatic carbocycles. The number of anilines is 3. The van der Waals surface area contributed by atoms with E-state index < -0.39 is 0 Å². The number of rotatable bonds is 0. The Balaban J connectivity index is 3.04. The third-order valence-corrected chi connectivity index (χ3v) is 2.45. The van der Waals surface area contributed by atoms with Gasteiger partial charge in [0.2, 0.25) is 0 Å². The van der Waals surface area contributed by atoms with Gasteiger partial charge in [0.15, 0.2) is 0 Å². The molecule has 0 bridgehead atoms. The molecule has 0 aliphatic heterocycles. The Morgan fingerprint density at radius 2 is 1.40 bits per heavy atom. The van der Waals surface area contributed by atoms with Crippen LogP contribution in [0.4, 0.5) is 17.1 Å². The van der Waals surface area contributed by atoms with Crippen LogP contribution in [0.5, 0.6) is 0 Å².